The van der Waals surface area contributed by atoms with Gasteiger partial charge < -0.3 is 5.48 Å². The normalized spacial score (nSPS) is 9.47. The van der Waals surface area contributed by atoms with E-state index in [1.807, 2.05) is 24.5 Å². The summed E-state index contributed by atoms with van der Waals surface area (Å²) in [4.78, 5) is 15.9. The van der Waals surface area contributed by atoms with Crippen LogP contribution in [0.3, 0.4) is 0 Å². The quantitative estimate of drug-likeness (QED) is 0.868. The number of hydrogen-bond acceptors (Lipinski definition) is 4. The zero-order chi connectivity index (χ0) is 11.4. The third-order valence-corrected chi connectivity index (χ3v) is 3.91. The van der Waals surface area contributed by atoms with E-state index >= 15 is 0 Å². The van der Waals surface area contributed by atoms with Crippen LogP contribution in [0.2, 0.25) is 0 Å². The number of benzene rings is 1. The molecule has 6 heteroatoms. The van der Waals surface area contributed by atoms with E-state index in [0.29, 0.717) is 10.7 Å². The van der Waals surface area contributed by atoms with Gasteiger partial charge in [0, 0.05) is 5.56 Å². The van der Waals surface area contributed by atoms with Crippen LogP contribution < -0.4 is 5.32 Å². The number of hydrogen-bond donors (Lipinski definition) is 1. The molecule has 17 heavy (non-hydrogen) atoms. The van der Waals surface area contributed by atoms with E-state index in [-0.39, 0.29) is 11.4 Å². The molecular formula is C11H12N2O2S2. The van der Waals surface area contributed by atoms with Crippen LogP contribution in [-0.2, 0) is 0 Å². The van der Waals surface area contributed by atoms with E-state index in [1.54, 1.807) is 30.1 Å². The van der Waals surface area contributed by atoms with E-state index in [9.17, 15) is 4.79 Å². The zero-order valence-electron chi connectivity index (χ0n) is 9.14. The molecule has 0 aliphatic heterocycles. The molecule has 0 fully saturated rings. The molecule has 90 valence electrons. The summed E-state index contributed by atoms with van der Waals surface area (Å²) in [6.45, 7) is 0. The standard InChI is InChI=1S/C11H10N2OS2.H2O/c1-15-9-7-12-11(16-9)13-10(14)8-5-3-2-4-6-8;/h2-7H,1H3,(H,12,13,14);1H2. The minimum Gasteiger partial charge on any atom is -0.412 e. The first kappa shape index (κ1) is 13.7. The molecular weight excluding hydrogens is 256 g/mol. The Morgan fingerprint density at radius 3 is 2.65 bits per heavy atom. The highest BCUT2D eigenvalue weighted by molar-refractivity contribution is 8.00. The van der Waals surface area contributed by atoms with Gasteiger partial charge in [-0.2, -0.15) is 0 Å². The van der Waals surface area contributed by atoms with Gasteiger partial charge in [0.05, 0.1) is 10.4 Å². The smallest absolute Gasteiger partial charge is 0.257 e. The van der Waals surface area contributed by atoms with Crippen molar-refractivity contribution in [1.82, 2.24) is 4.98 Å². The maximum atomic E-state index is 11.8. The van der Waals surface area contributed by atoms with Gasteiger partial charge >= 0.3 is 0 Å². The highest BCUT2D eigenvalue weighted by Gasteiger charge is 2.07. The Morgan fingerprint density at radius 2 is 2.06 bits per heavy atom. The summed E-state index contributed by atoms with van der Waals surface area (Å²) in [6, 6.07) is 9.11. The Hall–Kier alpha value is -1.37. The molecule has 1 amide bonds. The molecule has 0 unspecified atom stereocenters. The van der Waals surface area contributed by atoms with Gasteiger partial charge in [0.2, 0.25) is 0 Å². The Bertz CT molecular complexity index is 485. The number of carbonyl (C=O) groups is 1. The molecule has 2 aromatic rings. The Balaban J connectivity index is 0.00000144. The van der Waals surface area contributed by atoms with Gasteiger partial charge in [-0.3, -0.25) is 10.1 Å². The second kappa shape index (κ2) is 6.39. The van der Waals surface area contributed by atoms with Crippen molar-refractivity contribution >= 4 is 34.1 Å². The van der Waals surface area contributed by atoms with Crippen molar-refractivity contribution in [3.8, 4) is 0 Å². The lowest BCUT2D eigenvalue weighted by Gasteiger charge is -2.00. The Morgan fingerprint density at radius 1 is 1.35 bits per heavy atom. The molecule has 2 rings (SSSR count). The van der Waals surface area contributed by atoms with E-state index in [0.717, 1.165) is 4.21 Å². The van der Waals surface area contributed by atoms with Gasteiger partial charge in [-0.05, 0) is 18.4 Å². The van der Waals surface area contributed by atoms with E-state index in [4.69, 9.17) is 0 Å². The number of rotatable bonds is 3. The van der Waals surface area contributed by atoms with Crippen molar-refractivity contribution in [2.24, 2.45) is 0 Å². The second-order valence-corrected chi connectivity index (χ2v) is 5.15. The fourth-order valence-corrected chi connectivity index (χ4v) is 2.44. The number of thioether (sulfide) groups is 1. The fraction of sp³-hybridized carbons (Fsp3) is 0.0909. The fourth-order valence-electron chi connectivity index (χ4n) is 1.17. The van der Waals surface area contributed by atoms with Crippen molar-refractivity contribution in [2.45, 2.75) is 4.21 Å². The average molecular weight is 268 g/mol. The van der Waals surface area contributed by atoms with Gasteiger partial charge in [0.1, 0.15) is 0 Å². The van der Waals surface area contributed by atoms with Gasteiger partial charge in [-0.1, -0.05) is 29.5 Å². The Labute approximate surface area is 107 Å². The number of nitrogens with one attached hydrogen (secondary N) is 1. The molecule has 3 N–H and O–H groups in total. The summed E-state index contributed by atoms with van der Waals surface area (Å²) in [5.74, 6) is -0.123. The first-order valence-electron chi connectivity index (χ1n) is 4.66. The predicted octanol–water partition coefficient (Wildman–Crippen LogP) is 2.29. The Kier molecular flexibility index (Phi) is 5.14. The molecule has 4 nitrogen and oxygen atoms in total. The minimum absolute atomic E-state index is 0. The van der Waals surface area contributed by atoms with Crippen LogP contribution in [0.1, 0.15) is 10.4 Å². The van der Waals surface area contributed by atoms with Crippen molar-refractivity contribution in [1.29, 1.82) is 0 Å². The monoisotopic (exact) mass is 268 g/mol. The maximum Gasteiger partial charge on any atom is 0.257 e. The van der Waals surface area contributed by atoms with E-state index in [1.165, 1.54) is 11.3 Å². The maximum absolute atomic E-state index is 11.8. The van der Waals surface area contributed by atoms with Crippen LogP contribution in [-0.4, -0.2) is 22.6 Å². The number of aromatic nitrogens is 1. The number of anilines is 1. The summed E-state index contributed by atoms with van der Waals surface area (Å²) >= 11 is 3.09. The summed E-state index contributed by atoms with van der Waals surface area (Å²) in [5.41, 5.74) is 0.642. The lowest BCUT2D eigenvalue weighted by atomic mass is 10.2. The van der Waals surface area contributed by atoms with Crippen LogP contribution in [0.15, 0.2) is 40.7 Å². The predicted molar refractivity (Wildman–Crippen MR) is 71.9 cm³/mol. The lowest BCUT2D eigenvalue weighted by Crippen LogP contribution is -2.11. The molecule has 0 saturated carbocycles. The summed E-state index contributed by atoms with van der Waals surface area (Å²) in [5, 5.41) is 3.41. The lowest BCUT2D eigenvalue weighted by molar-refractivity contribution is 0.102. The zero-order valence-corrected chi connectivity index (χ0v) is 10.8. The van der Waals surface area contributed by atoms with Gasteiger partial charge in [0.15, 0.2) is 5.13 Å². The third kappa shape index (κ3) is 3.55. The number of carbonyl (C=O) groups excluding carboxylic acids is 1. The molecule has 1 aromatic heterocycles. The van der Waals surface area contributed by atoms with E-state index in [2.05, 4.69) is 10.3 Å². The molecule has 1 heterocycles. The third-order valence-electron chi connectivity index (χ3n) is 1.94. The topological polar surface area (TPSA) is 73.5 Å². The molecule has 0 saturated heterocycles. The number of thiazole rings is 1. The summed E-state index contributed by atoms with van der Waals surface area (Å²) < 4.78 is 1.09. The minimum atomic E-state index is -0.123. The van der Waals surface area contributed by atoms with Crippen molar-refractivity contribution in [2.75, 3.05) is 11.6 Å². The van der Waals surface area contributed by atoms with Crippen molar-refractivity contribution < 1.29 is 10.3 Å². The second-order valence-electron chi connectivity index (χ2n) is 3.01. The summed E-state index contributed by atoms with van der Waals surface area (Å²) in [6.07, 6.45) is 3.74. The molecule has 1 aromatic carbocycles. The molecule has 0 spiro atoms. The van der Waals surface area contributed by atoms with Gasteiger partial charge in [-0.25, -0.2) is 4.98 Å². The van der Waals surface area contributed by atoms with Crippen LogP contribution in [0.5, 0.6) is 0 Å². The van der Waals surface area contributed by atoms with Crippen molar-refractivity contribution in [3.05, 3.63) is 42.1 Å². The largest absolute Gasteiger partial charge is 0.412 e. The van der Waals surface area contributed by atoms with Crippen LogP contribution in [0.4, 0.5) is 5.13 Å². The van der Waals surface area contributed by atoms with Crippen molar-refractivity contribution in [3.63, 3.8) is 0 Å². The van der Waals surface area contributed by atoms with Crippen LogP contribution in [0, 0.1) is 0 Å². The molecule has 0 atom stereocenters. The first-order valence-corrected chi connectivity index (χ1v) is 6.70. The molecule has 0 bridgehead atoms. The van der Waals surface area contributed by atoms with Gasteiger partial charge in [0.25, 0.3) is 5.91 Å². The highest BCUT2D eigenvalue weighted by Crippen LogP contribution is 2.26. The molecule has 0 aliphatic rings. The number of nitrogens with zero attached hydrogens (tertiary/aromatic N) is 1. The van der Waals surface area contributed by atoms with Crippen LogP contribution in [0.25, 0.3) is 0 Å². The van der Waals surface area contributed by atoms with E-state index < -0.39 is 0 Å². The SMILES string of the molecule is CSc1cnc(NC(=O)c2ccccc2)s1.O. The summed E-state index contributed by atoms with van der Waals surface area (Å²) in [7, 11) is 0. The molecule has 0 radical (unpaired) electrons. The first-order chi connectivity index (χ1) is 7.79. The van der Waals surface area contributed by atoms with Gasteiger partial charge in [-0.15, -0.1) is 11.8 Å². The number of amides is 1. The average Bonchev–Trinajstić information content (AvgIpc) is 2.78. The highest BCUT2D eigenvalue weighted by atomic mass is 32.2. The molecule has 0 aliphatic carbocycles. The van der Waals surface area contributed by atoms with Crippen LogP contribution >= 0.6 is 23.1 Å².